The van der Waals surface area contributed by atoms with Crippen LogP contribution in [0.3, 0.4) is 0 Å². The Hall–Kier alpha value is -3.06. The van der Waals surface area contributed by atoms with Gasteiger partial charge in [-0.25, -0.2) is 4.79 Å². The number of Topliss-reactive ketones (excluding diaryl/α,β-unsaturated/α-hetero) is 1. The molecule has 1 fully saturated rings. The number of ether oxygens (including phenoxy) is 1. The molecule has 6 nitrogen and oxygen atoms in total. The first-order valence-electron chi connectivity index (χ1n) is 9.94. The molecule has 1 saturated heterocycles. The first kappa shape index (κ1) is 21.2. The zero-order valence-electron chi connectivity index (χ0n) is 16.8. The van der Waals surface area contributed by atoms with Crippen LogP contribution in [0.25, 0.3) is 0 Å². The van der Waals surface area contributed by atoms with Gasteiger partial charge in [0.15, 0.2) is 12.4 Å². The molecule has 7 heteroatoms. The molecule has 2 amide bonds. The van der Waals surface area contributed by atoms with Crippen LogP contribution in [-0.4, -0.2) is 30.2 Å². The fourth-order valence-corrected chi connectivity index (χ4v) is 4.24. The van der Waals surface area contributed by atoms with Gasteiger partial charge in [-0.2, -0.15) is 0 Å². The number of esters is 1. The SMILES string of the molecule is CC1=CC[C@@H]2C(=O)N(c3ccc(C(=O)OCC(=O)c4ccc(Br)cc4)cc3)C(=O)[C@@H]2C1. The van der Waals surface area contributed by atoms with Gasteiger partial charge in [0.05, 0.1) is 23.1 Å². The van der Waals surface area contributed by atoms with Crippen molar-refractivity contribution in [2.75, 3.05) is 11.5 Å². The third-order valence-electron chi connectivity index (χ3n) is 5.68. The fourth-order valence-electron chi connectivity index (χ4n) is 3.97. The molecule has 2 aromatic rings. The number of hydrogen-bond donors (Lipinski definition) is 0. The number of amides is 2. The number of hydrogen-bond acceptors (Lipinski definition) is 5. The Morgan fingerprint density at radius 3 is 2.26 bits per heavy atom. The van der Waals surface area contributed by atoms with E-state index in [0.29, 0.717) is 24.1 Å². The molecule has 158 valence electrons. The molecule has 1 aliphatic heterocycles. The number of imide groups is 1. The van der Waals surface area contributed by atoms with Crippen molar-refractivity contribution in [3.05, 3.63) is 75.8 Å². The maximum absolute atomic E-state index is 12.8. The van der Waals surface area contributed by atoms with Gasteiger partial charge in [-0.05, 0) is 56.2 Å². The number of rotatable bonds is 5. The van der Waals surface area contributed by atoms with Gasteiger partial charge in [-0.15, -0.1) is 0 Å². The maximum Gasteiger partial charge on any atom is 0.338 e. The lowest BCUT2D eigenvalue weighted by Gasteiger charge is -2.18. The first-order chi connectivity index (χ1) is 14.8. The van der Waals surface area contributed by atoms with Gasteiger partial charge in [0.1, 0.15) is 0 Å². The van der Waals surface area contributed by atoms with Gasteiger partial charge in [-0.3, -0.25) is 19.3 Å². The molecule has 0 aromatic heterocycles. The summed E-state index contributed by atoms with van der Waals surface area (Å²) in [6.45, 7) is 1.60. The molecule has 0 radical (unpaired) electrons. The van der Waals surface area contributed by atoms with Gasteiger partial charge >= 0.3 is 5.97 Å². The topological polar surface area (TPSA) is 80.8 Å². The average molecular weight is 482 g/mol. The van der Waals surface area contributed by atoms with E-state index in [9.17, 15) is 19.2 Å². The van der Waals surface area contributed by atoms with Crippen LogP contribution >= 0.6 is 15.9 Å². The number of fused-ring (bicyclic) bond motifs is 1. The summed E-state index contributed by atoms with van der Waals surface area (Å²) in [4.78, 5) is 51.2. The van der Waals surface area contributed by atoms with Crippen molar-refractivity contribution in [1.82, 2.24) is 0 Å². The Morgan fingerprint density at radius 2 is 1.58 bits per heavy atom. The zero-order valence-corrected chi connectivity index (χ0v) is 18.4. The molecular weight excluding hydrogens is 462 g/mol. The third-order valence-corrected chi connectivity index (χ3v) is 6.21. The van der Waals surface area contributed by atoms with Crippen molar-refractivity contribution in [2.24, 2.45) is 11.8 Å². The lowest BCUT2D eigenvalue weighted by molar-refractivity contribution is -0.122. The Labute approximate surface area is 188 Å². The van der Waals surface area contributed by atoms with E-state index >= 15 is 0 Å². The maximum atomic E-state index is 12.8. The van der Waals surface area contributed by atoms with Crippen LogP contribution in [0.5, 0.6) is 0 Å². The number of nitrogens with zero attached hydrogens (tertiary/aromatic N) is 1. The summed E-state index contributed by atoms with van der Waals surface area (Å²) in [6.07, 6.45) is 3.20. The van der Waals surface area contributed by atoms with E-state index in [-0.39, 0.29) is 41.6 Å². The van der Waals surface area contributed by atoms with Crippen LogP contribution in [0.2, 0.25) is 0 Å². The summed E-state index contributed by atoms with van der Waals surface area (Å²) in [7, 11) is 0. The van der Waals surface area contributed by atoms with E-state index in [1.165, 1.54) is 17.0 Å². The highest BCUT2D eigenvalue weighted by molar-refractivity contribution is 9.10. The van der Waals surface area contributed by atoms with Crippen LogP contribution in [0, 0.1) is 11.8 Å². The average Bonchev–Trinajstić information content (AvgIpc) is 3.02. The Bertz CT molecular complexity index is 1090. The highest BCUT2D eigenvalue weighted by Gasteiger charge is 2.48. The fraction of sp³-hybridized carbons (Fsp3) is 0.250. The van der Waals surface area contributed by atoms with Gasteiger partial charge in [0.25, 0.3) is 0 Å². The van der Waals surface area contributed by atoms with Crippen LogP contribution < -0.4 is 4.90 Å². The van der Waals surface area contributed by atoms with E-state index in [1.54, 1.807) is 36.4 Å². The molecule has 2 atom stereocenters. The van der Waals surface area contributed by atoms with Crippen molar-refractivity contribution in [1.29, 1.82) is 0 Å². The highest BCUT2D eigenvalue weighted by atomic mass is 79.9. The summed E-state index contributed by atoms with van der Waals surface area (Å²) in [5.74, 6) is -1.98. The van der Waals surface area contributed by atoms with E-state index < -0.39 is 5.97 Å². The smallest absolute Gasteiger partial charge is 0.338 e. The molecule has 0 unspecified atom stereocenters. The van der Waals surface area contributed by atoms with Crippen LogP contribution in [0.15, 0.2) is 64.7 Å². The molecule has 0 N–H and O–H groups in total. The van der Waals surface area contributed by atoms with Crippen molar-refractivity contribution in [2.45, 2.75) is 19.8 Å². The number of anilines is 1. The Balaban J connectivity index is 1.40. The summed E-state index contributed by atoms with van der Waals surface area (Å²) in [6, 6.07) is 12.9. The van der Waals surface area contributed by atoms with Gasteiger partial charge in [0.2, 0.25) is 11.8 Å². The standard InChI is InChI=1S/C24H20BrNO5/c1-14-2-11-19-20(12-14)23(29)26(22(19)28)18-9-5-16(6-10-18)24(30)31-13-21(27)15-3-7-17(25)8-4-15/h2-10,19-20H,11-13H2,1H3/t19-,20+/m0/s1. The van der Waals surface area contributed by atoms with Crippen molar-refractivity contribution in [3.8, 4) is 0 Å². The molecule has 1 heterocycles. The normalized spacial score (nSPS) is 20.3. The molecule has 4 rings (SSSR count). The lowest BCUT2D eigenvalue weighted by Crippen LogP contribution is -2.30. The lowest BCUT2D eigenvalue weighted by atomic mass is 9.82. The highest BCUT2D eigenvalue weighted by Crippen LogP contribution is 2.39. The van der Waals surface area contributed by atoms with Crippen molar-refractivity contribution >= 4 is 45.2 Å². The van der Waals surface area contributed by atoms with Gasteiger partial charge in [0, 0.05) is 10.0 Å². The third kappa shape index (κ3) is 4.23. The van der Waals surface area contributed by atoms with E-state index in [0.717, 1.165) is 10.0 Å². The van der Waals surface area contributed by atoms with Crippen LogP contribution in [0.4, 0.5) is 5.69 Å². The number of carbonyl (C=O) groups excluding carboxylic acids is 4. The number of halogens is 1. The second-order valence-corrected chi connectivity index (χ2v) is 8.68. The Kier molecular flexibility index (Phi) is 5.87. The minimum atomic E-state index is -0.649. The van der Waals surface area contributed by atoms with E-state index in [4.69, 9.17) is 4.74 Å². The minimum absolute atomic E-state index is 0.196. The van der Waals surface area contributed by atoms with E-state index in [1.807, 2.05) is 13.0 Å². The first-order valence-corrected chi connectivity index (χ1v) is 10.7. The summed E-state index contributed by atoms with van der Waals surface area (Å²) < 4.78 is 5.97. The second kappa shape index (κ2) is 8.59. The monoisotopic (exact) mass is 481 g/mol. The molecule has 2 aromatic carbocycles. The van der Waals surface area contributed by atoms with Crippen molar-refractivity contribution in [3.63, 3.8) is 0 Å². The number of carbonyl (C=O) groups is 4. The summed E-state index contributed by atoms with van der Waals surface area (Å²) in [5.41, 5.74) is 2.24. The second-order valence-electron chi connectivity index (χ2n) is 7.77. The molecule has 0 bridgehead atoms. The van der Waals surface area contributed by atoms with E-state index in [2.05, 4.69) is 15.9 Å². The molecule has 1 aliphatic carbocycles. The van der Waals surface area contributed by atoms with Crippen LogP contribution in [-0.2, 0) is 14.3 Å². The molecule has 0 spiro atoms. The van der Waals surface area contributed by atoms with Gasteiger partial charge in [-0.1, -0.05) is 39.7 Å². The molecule has 2 aliphatic rings. The largest absolute Gasteiger partial charge is 0.454 e. The Morgan fingerprint density at radius 1 is 0.968 bits per heavy atom. The zero-order chi connectivity index (χ0) is 22.1. The van der Waals surface area contributed by atoms with Crippen LogP contribution in [0.1, 0.15) is 40.5 Å². The predicted molar refractivity (Wildman–Crippen MR) is 118 cm³/mol. The van der Waals surface area contributed by atoms with Crippen molar-refractivity contribution < 1.29 is 23.9 Å². The summed E-state index contributed by atoms with van der Waals surface area (Å²) in [5, 5.41) is 0. The van der Waals surface area contributed by atoms with Gasteiger partial charge < -0.3 is 4.74 Å². The predicted octanol–water partition coefficient (Wildman–Crippen LogP) is 4.33. The molecular formula is C24H20BrNO5. The minimum Gasteiger partial charge on any atom is -0.454 e. The quantitative estimate of drug-likeness (QED) is 0.274. The summed E-state index contributed by atoms with van der Waals surface area (Å²) >= 11 is 3.30. The molecule has 0 saturated carbocycles. The molecule has 31 heavy (non-hydrogen) atoms. The number of ketones is 1. The number of allylic oxidation sites excluding steroid dienone is 2. The number of benzene rings is 2.